The van der Waals surface area contributed by atoms with Gasteiger partial charge < -0.3 is 9.74 Å². The van der Waals surface area contributed by atoms with E-state index in [1.54, 1.807) is 0 Å². The monoisotopic (exact) mass is 235 g/mol. The first-order chi connectivity index (χ1) is 8.40. The minimum absolute atomic E-state index is 0.652. The van der Waals surface area contributed by atoms with Gasteiger partial charge in [0.05, 0.1) is 6.61 Å². The fourth-order valence-corrected chi connectivity index (χ4v) is 2.24. The average Bonchev–Trinajstić information content (AvgIpc) is 2.41. The number of para-hydroxylation sites is 1. The summed E-state index contributed by atoms with van der Waals surface area (Å²) in [5.41, 5.74) is 1.33. The van der Waals surface area contributed by atoms with Crippen LogP contribution in [-0.4, -0.2) is 44.2 Å². The number of piperazine rings is 1. The number of benzene rings is 1. The van der Waals surface area contributed by atoms with E-state index in [0.29, 0.717) is 6.61 Å². The van der Waals surface area contributed by atoms with Crippen LogP contribution < -0.4 is 10.8 Å². The van der Waals surface area contributed by atoms with Gasteiger partial charge in [0.15, 0.2) is 0 Å². The lowest BCUT2D eigenvalue weighted by Gasteiger charge is -2.36. The Hall–Kier alpha value is -1.10. The molecule has 2 rings (SSSR count). The third kappa shape index (κ3) is 3.70. The number of hydrogen-bond donors (Lipinski definition) is 1. The lowest BCUT2D eigenvalue weighted by molar-refractivity contribution is 0.122. The molecule has 17 heavy (non-hydrogen) atoms. The van der Waals surface area contributed by atoms with E-state index in [1.165, 1.54) is 5.69 Å². The van der Waals surface area contributed by atoms with Crippen LogP contribution in [0, 0.1) is 0 Å². The van der Waals surface area contributed by atoms with Crippen LogP contribution in [0.3, 0.4) is 0 Å². The molecule has 0 amide bonds. The normalized spacial score (nSPS) is 17.4. The molecule has 1 aliphatic heterocycles. The van der Waals surface area contributed by atoms with Crippen molar-refractivity contribution in [3.63, 3.8) is 0 Å². The van der Waals surface area contributed by atoms with E-state index in [-0.39, 0.29) is 0 Å². The van der Waals surface area contributed by atoms with E-state index in [0.717, 1.165) is 39.1 Å². The van der Waals surface area contributed by atoms with Crippen molar-refractivity contribution in [3.05, 3.63) is 30.3 Å². The van der Waals surface area contributed by atoms with Crippen molar-refractivity contribution in [2.45, 2.75) is 6.42 Å². The van der Waals surface area contributed by atoms with Crippen molar-refractivity contribution in [2.24, 2.45) is 5.90 Å². The van der Waals surface area contributed by atoms with Gasteiger partial charge in [0.1, 0.15) is 0 Å². The Bertz CT molecular complexity index is 310. The highest BCUT2D eigenvalue weighted by atomic mass is 16.6. The van der Waals surface area contributed by atoms with Crippen molar-refractivity contribution in [1.29, 1.82) is 0 Å². The Morgan fingerprint density at radius 1 is 1.06 bits per heavy atom. The van der Waals surface area contributed by atoms with Gasteiger partial charge in [0.25, 0.3) is 0 Å². The molecule has 1 aromatic rings. The van der Waals surface area contributed by atoms with E-state index in [1.807, 2.05) is 0 Å². The molecule has 0 aromatic heterocycles. The standard InChI is InChI=1S/C13H21N3O/c14-17-12-4-7-15-8-10-16(11-9-15)13-5-2-1-3-6-13/h1-3,5-6H,4,7-12,14H2. The Morgan fingerprint density at radius 2 is 1.76 bits per heavy atom. The van der Waals surface area contributed by atoms with Crippen LogP contribution in [-0.2, 0) is 4.84 Å². The van der Waals surface area contributed by atoms with Gasteiger partial charge >= 0.3 is 0 Å². The predicted octanol–water partition coefficient (Wildman–Crippen LogP) is 1.09. The fraction of sp³-hybridized carbons (Fsp3) is 0.538. The van der Waals surface area contributed by atoms with Gasteiger partial charge in [-0.15, -0.1) is 0 Å². The maximum absolute atomic E-state index is 5.02. The van der Waals surface area contributed by atoms with Crippen molar-refractivity contribution >= 4 is 5.69 Å². The number of hydrogen-bond acceptors (Lipinski definition) is 4. The minimum atomic E-state index is 0.652. The second-order valence-corrected chi connectivity index (χ2v) is 4.39. The van der Waals surface area contributed by atoms with Crippen LogP contribution >= 0.6 is 0 Å². The third-order valence-corrected chi connectivity index (χ3v) is 3.23. The molecule has 0 unspecified atom stereocenters. The molecule has 1 aromatic carbocycles. The fourth-order valence-electron chi connectivity index (χ4n) is 2.24. The second-order valence-electron chi connectivity index (χ2n) is 4.39. The Morgan fingerprint density at radius 3 is 2.41 bits per heavy atom. The maximum atomic E-state index is 5.02. The summed E-state index contributed by atoms with van der Waals surface area (Å²) >= 11 is 0. The topological polar surface area (TPSA) is 41.7 Å². The molecule has 0 aliphatic carbocycles. The number of anilines is 1. The number of rotatable bonds is 5. The molecule has 0 radical (unpaired) electrons. The zero-order chi connectivity index (χ0) is 11.9. The van der Waals surface area contributed by atoms with Crippen LogP contribution in [0.1, 0.15) is 6.42 Å². The molecule has 1 heterocycles. The SMILES string of the molecule is NOCCCN1CCN(c2ccccc2)CC1. The first kappa shape index (κ1) is 12.4. The van der Waals surface area contributed by atoms with E-state index in [4.69, 9.17) is 5.90 Å². The zero-order valence-electron chi connectivity index (χ0n) is 10.2. The molecular weight excluding hydrogens is 214 g/mol. The molecule has 0 atom stereocenters. The molecule has 4 heteroatoms. The number of nitrogens with two attached hydrogens (primary N) is 1. The van der Waals surface area contributed by atoms with Gasteiger partial charge in [0.2, 0.25) is 0 Å². The van der Waals surface area contributed by atoms with Gasteiger partial charge in [-0.25, -0.2) is 5.90 Å². The summed E-state index contributed by atoms with van der Waals surface area (Å²) in [7, 11) is 0. The van der Waals surface area contributed by atoms with Gasteiger partial charge in [-0.2, -0.15) is 0 Å². The highest BCUT2D eigenvalue weighted by molar-refractivity contribution is 5.46. The highest BCUT2D eigenvalue weighted by Gasteiger charge is 2.16. The lowest BCUT2D eigenvalue weighted by atomic mass is 10.2. The molecule has 94 valence electrons. The molecule has 1 aliphatic rings. The summed E-state index contributed by atoms with van der Waals surface area (Å²) in [5.74, 6) is 5.02. The van der Waals surface area contributed by atoms with E-state index in [9.17, 15) is 0 Å². The van der Waals surface area contributed by atoms with Crippen molar-refractivity contribution in [2.75, 3.05) is 44.2 Å². The lowest BCUT2D eigenvalue weighted by Crippen LogP contribution is -2.46. The van der Waals surface area contributed by atoms with Crippen molar-refractivity contribution < 1.29 is 4.84 Å². The van der Waals surface area contributed by atoms with Gasteiger partial charge in [-0.05, 0) is 18.6 Å². The Kier molecular flexibility index (Phi) is 4.79. The van der Waals surface area contributed by atoms with E-state index >= 15 is 0 Å². The van der Waals surface area contributed by atoms with E-state index < -0.39 is 0 Å². The molecule has 4 nitrogen and oxygen atoms in total. The van der Waals surface area contributed by atoms with Crippen LogP contribution in [0.15, 0.2) is 30.3 Å². The van der Waals surface area contributed by atoms with Gasteiger partial charge in [-0.3, -0.25) is 4.90 Å². The van der Waals surface area contributed by atoms with Crippen LogP contribution in [0.4, 0.5) is 5.69 Å². The summed E-state index contributed by atoms with van der Waals surface area (Å²) in [6.07, 6.45) is 1.02. The maximum Gasteiger partial charge on any atom is 0.0691 e. The van der Waals surface area contributed by atoms with Crippen LogP contribution in [0.5, 0.6) is 0 Å². The average molecular weight is 235 g/mol. The Labute approximate surface area is 103 Å². The highest BCUT2D eigenvalue weighted by Crippen LogP contribution is 2.15. The first-order valence-electron chi connectivity index (χ1n) is 6.24. The third-order valence-electron chi connectivity index (χ3n) is 3.23. The molecule has 0 spiro atoms. The summed E-state index contributed by atoms with van der Waals surface area (Å²) in [6, 6.07) is 10.6. The number of nitrogens with zero attached hydrogens (tertiary/aromatic N) is 2. The summed E-state index contributed by atoms with van der Waals surface area (Å²) in [5, 5.41) is 0. The molecule has 0 bridgehead atoms. The second kappa shape index (κ2) is 6.59. The van der Waals surface area contributed by atoms with Crippen LogP contribution in [0.2, 0.25) is 0 Å². The minimum Gasteiger partial charge on any atom is -0.369 e. The molecule has 1 saturated heterocycles. The summed E-state index contributed by atoms with van der Waals surface area (Å²) < 4.78 is 0. The molecular formula is C13H21N3O. The van der Waals surface area contributed by atoms with Crippen LogP contribution in [0.25, 0.3) is 0 Å². The van der Waals surface area contributed by atoms with Gasteiger partial charge in [-0.1, -0.05) is 18.2 Å². The molecule has 2 N–H and O–H groups in total. The quantitative estimate of drug-likeness (QED) is 0.613. The zero-order valence-corrected chi connectivity index (χ0v) is 10.2. The molecule has 1 fully saturated rings. The summed E-state index contributed by atoms with van der Waals surface area (Å²) in [4.78, 5) is 9.50. The largest absolute Gasteiger partial charge is 0.369 e. The van der Waals surface area contributed by atoms with Crippen molar-refractivity contribution in [1.82, 2.24) is 4.90 Å². The smallest absolute Gasteiger partial charge is 0.0691 e. The Balaban J connectivity index is 1.74. The first-order valence-corrected chi connectivity index (χ1v) is 6.24. The predicted molar refractivity (Wildman–Crippen MR) is 69.9 cm³/mol. The van der Waals surface area contributed by atoms with Gasteiger partial charge in [0, 0.05) is 38.4 Å². The molecule has 0 saturated carbocycles. The summed E-state index contributed by atoms with van der Waals surface area (Å²) in [6.45, 7) is 6.19. The van der Waals surface area contributed by atoms with Crippen molar-refractivity contribution in [3.8, 4) is 0 Å². The van der Waals surface area contributed by atoms with E-state index in [2.05, 4.69) is 45.0 Å².